The Morgan fingerprint density at radius 2 is 1.25 bits per heavy atom. The van der Waals surface area contributed by atoms with Crippen molar-refractivity contribution in [2.45, 2.75) is 65.0 Å². The van der Waals surface area contributed by atoms with Gasteiger partial charge in [-0.2, -0.15) is 0 Å². The van der Waals surface area contributed by atoms with Crippen LogP contribution >= 0.6 is 0 Å². The first-order chi connectivity index (χ1) is 7.58. The molecule has 0 saturated carbocycles. The van der Waals surface area contributed by atoms with Crippen LogP contribution in [0.2, 0.25) is 0 Å². The van der Waals surface area contributed by atoms with Crippen molar-refractivity contribution < 1.29 is 10.7 Å². The Morgan fingerprint density at radius 1 is 0.812 bits per heavy atom. The van der Waals surface area contributed by atoms with Crippen molar-refractivity contribution in [3.8, 4) is 0 Å². The van der Waals surface area contributed by atoms with E-state index in [-0.39, 0.29) is 24.4 Å². The number of hydrogen-bond acceptors (Lipinski definition) is 4. The third kappa shape index (κ3) is 7.19. The van der Waals surface area contributed by atoms with Crippen molar-refractivity contribution in [2.24, 2.45) is 0 Å². The Hall–Kier alpha value is 1.68. The molecule has 6 heteroatoms. The van der Waals surface area contributed by atoms with Crippen LogP contribution in [0.5, 0.6) is 0 Å². The minimum absolute atomic E-state index is 0.280. The van der Waals surface area contributed by atoms with Gasteiger partial charge in [0, 0.05) is 0 Å². The first-order valence-corrected chi connectivity index (χ1v) is 14.1. The van der Waals surface area contributed by atoms with E-state index in [0.29, 0.717) is 0 Å². The summed E-state index contributed by atoms with van der Waals surface area (Å²) in [5, 5.41) is 0. The molecule has 4 unspecified atom stereocenters. The van der Waals surface area contributed by atoms with Crippen molar-refractivity contribution in [2.75, 3.05) is 0 Å². The second kappa shape index (κ2) is 8.73. The molecule has 1 heterocycles. The third-order valence-electron chi connectivity index (χ3n) is 2.61. The summed E-state index contributed by atoms with van der Waals surface area (Å²) in [6, 6.07) is 0. The van der Waals surface area contributed by atoms with Gasteiger partial charge < -0.3 is 0 Å². The third-order valence-corrected chi connectivity index (χ3v) is 12.6. The molecule has 0 spiro atoms. The van der Waals surface area contributed by atoms with Gasteiger partial charge in [0.1, 0.15) is 0 Å². The zero-order valence-electron chi connectivity index (χ0n) is 10.6. The fraction of sp³-hybridized carbons (Fsp3) is 1.00. The Kier molecular flexibility index (Phi) is 8.59. The molecule has 0 radical (unpaired) electrons. The number of rotatable bonds is 0. The van der Waals surface area contributed by atoms with Gasteiger partial charge in [0.05, 0.1) is 0 Å². The molecule has 4 atom stereocenters. The molecule has 0 N–H and O–H groups in total. The van der Waals surface area contributed by atoms with Crippen LogP contribution in [0.4, 0.5) is 0 Å². The summed E-state index contributed by atoms with van der Waals surface area (Å²) in [5.74, 6) is 0. The van der Waals surface area contributed by atoms with Crippen LogP contribution in [0.15, 0.2) is 0 Å². The summed E-state index contributed by atoms with van der Waals surface area (Å²) in [7, 11) is 0. The Morgan fingerprint density at radius 3 is 1.69 bits per heavy atom. The molecule has 0 aromatic heterocycles. The summed E-state index contributed by atoms with van der Waals surface area (Å²) < 4.78 is 23.1. The van der Waals surface area contributed by atoms with Crippen molar-refractivity contribution in [1.29, 1.82) is 0 Å². The van der Waals surface area contributed by atoms with E-state index < -0.39 is 50.3 Å². The minimum atomic E-state index is -1.58. The average molecular weight is 614 g/mol. The summed E-state index contributed by atoms with van der Waals surface area (Å²) in [5.41, 5.74) is 0. The Balaban J connectivity index is 2.39. The summed E-state index contributed by atoms with van der Waals surface area (Å²) >= 11 is -3.03. The van der Waals surface area contributed by atoms with Crippen LogP contribution in [-0.2, 0) is 10.7 Å². The molecule has 4 nitrogen and oxygen atoms in total. The average Bonchev–Trinajstić information content (AvgIpc) is 2.15. The molecule has 1 saturated heterocycles. The fourth-order valence-corrected chi connectivity index (χ4v) is 7.43. The molecule has 0 amide bonds. The van der Waals surface area contributed by atoms with Gasteiger partial charge in [-0.3, -0.25) is 0 Å². The zero-order chi connectivity index (χ0) is 12.0. The first kappa shape index (κ1) is 15.7. The SMILES string of the molecule is CC1CC(C)[O][TlH][O]C(C)CC(C)[O][Tl][O]1. The summed E-state index contributed by atoms with van der Waals surface area (Å²) in [4.78, 5) is 0. The van der Waals surface area contributed by atoms with Crippen molar-refractivity contribution in [1.82, 2.24) is 0 Å². The van der Waals surface area contributed by atoms with Crippen molar-refractivity contribution in [3.63, 3.8) is 0 Å². The second-order valence-corrected chi connectivity index (χ2v) is 10.9. The zero-order valence-corrected chi connectivity index (χ0v) is 20.6. The second-order valence-electron chi connectivity index (χ2n) is 4.53. The molecule has 0 aromatic carbocycles. The van der Waals surface area contributed by atoms with Gasteiger partial charge in [0.15, 0.2) is 0 Å². The quantitative estimate of drug-likeness (QED) is 0.385. The molecule has 0 bridgehead atoms. The molecule has 1 aliphatic rings. The summed E-state index contributed by atoms with van der Waals surface area (Å²) in [6.07, 6.45) is 3.06. The molecule has 0 aliphatic carbocycles. The van der Waals surface area contributed by atoms with E-state index in [9.17, 15) is 0 Å². The van der Waals surface area contributed by atoms with E-state index in [1.807, 2.05) is 0 Å². The van der Waals surface area contributed by atoms with E-state index in [0.717, 1.165) is 12.8 Å². The van der Waals surface area contributed by atoms with Crippen LogP contribution < -0.4 is 0 Å². The topological polar surface area (TPSA) is 36.9 Å². The van der Waals surface area contributed by atoms with Gasteiger partial charge in [0.25, 0.3) is 0 Å². The van der Waals surface area contributed by atoms with Gasteiger partial charge in [-0.15, -0.1) is 0 Å². The van der Waals surface area contributed by atoms with Crippen molar-refractivity contribution in [3.05, 3.63) is 0 Å². The van der Waals surface area contributed by atoms with Gasteiger partial charge in [-0.05, 0) is 0 Å². The van der Waals surface area contributed by atoms with Crippen LogP contribution in [0, 0.1) is 0 Å². The van der Waals surface area contributed by atoms with Crippen molar-refractivity contribution >= 4 is 50.3 Å². The van der Waals surface area contributed by atoms with Crippen LogP contribution in [0.3, 0.4) is 0 Å². The molecular weight excluding hydrogens is 593 g/mol. The van der Waals surface area contributed by atoms with Gasteiger partial charge in [0.2, 0.25) is 0 Å². The number of hydrogen-bond donors (Lipinski definition) is 0. The van der Waals surface area contributed by atoms with E-state index in [2.05, 4.69) is 27.7 Å². The Labute approximate surface area is 125 Å². The maximum absolute atomic E-state index is 5.79. The maximum atomic E-state index is 5.79. The van der Waals surface area contributed by atoms with E-state index in [1.54, 1.807) is 0 Å². The molecular formula is C10H21O4Tl2. The Bertz CT molecular complexity index is 158. The van der Waals surface area contributed by atoms with E-state index in [1.165, 1.54) is 0 Å². The predicted molar refractivity (Wildman–Crippen MR) is 64.3 cm³/mol. The standard InChI is InChI=1S/2C5H10O2.2Tl.H/c2*1-4(6)3-5(2)7;;;/h2*4-5H,3H2,1-2H3;;;/q2*-2;2*+2;. The monoisotopic (exact) mass is 615 g/mol. The van der Waals surface area contributed by atoms with Gasteiger partial charge in [-0.25, -0.2) is 0 Å². The predicted octanol–water partition coefficient (Wildman–Crippen LogP) is 1.20. The molecule has 1 fully saturated rings. The fourth-order valence-electron chi connectivity index (χ4n) is 1.68. The molecule has 16 heavy (non-hydrogen) atoms. The summed E-state index contributed by atoms with van der Waals surface area (Å²) in [6.45, 7) is 8.43. The van der Waals surface area contributed by atoms with Gasteiger partial charge in [-0.1, -0.05) is 0 Å². The molecule has 1 rings (SSSR count). The first-order valence-electron chi connectivity index (χ1n) is 5.93. The van der Waals surface area contributed by atoms with Crippen LogP contribution in [0.25, 0.3) is 0 Å². The van der Waals surface area contributed by atoms with Gasteiger partial charge >= 0.3 is 126 Å². The van der Waals surface area contributed by atoms with E-state index >= 15 is 0 Å². The van der Waals surface area contributed by atoms with Crippen LogP contribution in [0.1, 0.15) is 40.5 Å². The molecule has 91 valence electrons. The normalized spacial score (nSPS) is 38.2. The van der Waals surface area contributed by atoms with E-state index in [4.69, 9.17) is 10.7 Å². The van der Waals surface area contributed by atoms with Crippen LogP contribution in [-0.4, -0.2) is 74.7 Å². The molecule has 0 aromatic rings. The molecule has 1 aliphatic heterocycles.